The van der Waals surface area contributed by atoms with E-state index in [0.717, 1.165) is 42.7 Å². The second-order valence-electron chi connectivity index (χ2n) is 9.53. The van der Waals surface area contributed by atoms with Crippen molar-refractivity contribution in [2.45, 2.75) is 36.7 Å². The molecular formula is C31H31N4O3S2. The SMILES string of the molecule is COc1ccccc1CN(CC(CC1=C[N]c2ccccc21)NC(=O)CCSc1nc2ccccc2s1)C(C)=O. The number of hydrogen-bond donors (Lipinski definition) is 1. The van der Waals surface area contributed by atoms with Crippen molar-refractivity contribution in [2.24, 2.45) is 0 Å². The zero-order chi connectivity index (χ0) is 27.9. The lowest BCUT2D eigenvalue weighted by Gasteiger charge is -2.28. The molecule has 40 heavy (non-hydrogen) atoms. The van der Waals surface area contributed by atoms with E-state index >= 15 is 0 Å². The molecule has 1 aliphatic heterocycles. The fraction of sp³-hybridized carbons (Fsp3) is 0.258. The van der Waals surface area contributed by atoms with Crippen LogP contribution in [-0.4, -0.2) is 47.1 Å². The Morgan fingerprint density at radius 2 is 1.82 bits per heavy atom. The van der Waals surface area contributed by atoms with Crippen LogP contribution in [-0.2, 0) is 16.1 Å². The number of hydrogen-bond acceptors (Lipinski definition) is 6. The first-order chi connectivity index (χ1) is 19.5. The molecule has 0 saturated heterocycles. The molecule has 1 N–H and O–H groups in total. The second kappa shape index (κ2) is 13.0. The highest BCUT2D eigenvalue weighted by Gasteiger charge is 2.24. The van der Waals surface area contributed by atoms with Gasteiger partial charge in [0.15, 0.2) is 4.34 Å². The summed E-state index contributed by atoms with van der Waals surface area (Å²) in [6.07, 6.45) is 2.78. The Labute approximate surface area is 242 Å². The van der Waals surface area contributed by atoms with Gasteiger partial charge in [-0.2, -0.15) is 0 Å². The van der Waals surface area contributed by atoms with Crippen LogP contribution in [0.15, 0.2) is 83.3 Å². The number of methoxy groups -OCH3 is 1. The molecule has 2 heterocycles. The number of nitrogens with zero attached hydrogens (tertiary/aromatic N) is 3. The van der Waals surface area contributed by atoms with Crippen molar-refractivity contribution >= 4 is 56.4 Å². The molecule has 0 aliphatic carbocycles. The van der Waals surface area contributed by atoms with E-state index in [-0.39, 0.29) is 17.9 Å². The maximum Gasteiger partial charge on any atom is 0.221 e. The lowest BCUT2D eigenvalue weighted by molar-refractivity contribution is -0.130. The molecular weight excluding hydrogens is 541 g/mol. The average molecular weight is 572 g/mol. The van der Waals surface area contributed by atoms with E-state index in [4.69, 9.17) is 4.74 Å². The Morgan fingerprint density at radius 3 is 2.65 bits per heavy atom. The number of rotatable bonds is 12. The zero-order valence-corrected chi connectivity index (χ0v) is 24.1. The number of para-hydroxylation sites is 3. The summed E-state index contributed by atoms with van der Waals surface area (Å²) < 4.78 is 7.61. The van der Waals surface area contributed by atoms with Gasteiger partial charge in [0.2, 0.25) is 11.8 Å². The summed E-state index contributed by atoms with van der Waals surface area (Å²) >= 11 is 3.23. The molecule has 0 fully saturated rings. The normalized spacial score (nSPS) is 12.8. The van der Waals surface area contributed by atoms with E-state index in [1.807, 2.05) is 72.9 Å². The van der Waals surface area contributed by atoms with Crippen LogP contribution in [0.3, 0.4) is 0 Å². The highest BCUT2D eigenvalue weighted by atomic mass is 32.2. The molecule has 1 atom stereocenters. The minimum absolute atomic E-state index is 0.0526. The number of carbonyl (C=O) groups excluding carboxylic acids is 2. The Kier molecular flexibility index (Phi) is 9.03. The number of fused-ring (bicyclic) bond motifs is 2. The van der Waals surface area contributed by atoms with E-state index < -0.39 is 0 Å². The maximum absolute atomic E-state index is 13.1. The van der Waals surface area contributed by atoms with Crippen LogP contribution >= 0.6 is 23.1 Å². The van der Waals surface area contributed by atoms with Crippen molar-refractivity contribution in [3.8, 4) is 5.75 Å². The van der Waals surface area contributed by atoms with Crippen molar-refractivity contribution in [3.63, 3.8) is 0 Å². The summed E-state index contributed by atoms with van der Waals surface area (Å²) in [6, 6.07) is 23.4. The predicted molar refractivity (Wildman–Crippen MR) is 162 cm³/mol. The third kappa shape index (κ3) is 6.84. The van der Waals surface area contributed by atoms with Gasteiger partial charge in [0.1, 0.15) is 5.75 Å². The fourth-order valence-corrected chi connectivity index (χ4v) is 6.79. The van der Waals surface area contributed by atoms with Crippen molar-refractivity contribution in [3.05, 3.63) is 90.1 Å². The Balaban J connectivity index is 1.27. The van der Waals surface area contributed by atoms with Crippen LogP contribution in [0.2, 0.25) is 0 Å². The number of amides is 2. The van der Waals surface area contributed by atoms with Crippen molar-refractivity contribution < 1.29 is 14.3 Å². The first-order valence-electron chi connectivity index (χ1n) is 13.1. The summed E-state index contributed by atoms with van der Waals surface area (Å²) in [5.41, 5.74) is 4.93. The lowest BCUT2D eigenvalue weighted by Crippen LogP contribution is -2.45. The number of thioether (sulfide) groups is 1. The Bertz CT molecular complexity index is 1500. The first-order valence-corrected chi connectivity index (χ1v) is 14.9. The number of thiazole rings is 1. The predicted octanol–water partition coefficient (Wildman–Crippen LogP) is 6.00. The Hall–Kier alpha value is -3.82. The molecule has 0 spiro atoms. The molecule has 0 saturated carbocycles. The minimum Gasteiger partial charge on any atom is -0.496 e. The van der Waals surface area contributed by atoms with Gasteiger partial charge >= 0.3 is 0 Å². The lowest BCUT2D eigenvalue weighted by atomic mass is 9.99. The molecule has 0 bridgehead atoms. The minimum atomic E-state index is -0.286. The Morgan fingerprint density at radius 1 is 1.05 bits per heavy atom. The van der Waals surface area contributed by atoms with E-state index in [9.17, 15) is 9.59 Å². The van der Waals surface area contributed by atoms with Gasteiger partial charge in [-0.1, -0.05) is 60.3 Å². The number of aromatic nitrogens is 1. The number of ether oxygens (including phenoxy) is 1. The summed E-state index contributed by atoms with van der Waals surface area (Å²) in [7, 11) is 1.62. The summed E-state index contributed by atoms with van der Waals surface area (Å²) in [4.78, 5) is 32.3. The molecule has 1 unspecified atom stereocenters. The van der Waals surface area contributed by atoms with E-state index in [1.165, 1.54) is 0 Å². The average Bonchev–Trinajstić information content (AvgIpc) is 3.56. The van der Waals surface area contributed by atoms with Gasteiger partial charge in [-0.3, -0.25) is 14.9 Å². The molecule has 7 nitrogen and oxygen atoms in total. The monoisotopic (exact) mass is 571 g/mol. The largest absolute Gasteiger partial charge is 0.496 e. The van der Waals surface area contributed by atoms with E-state index in [1.54, 1.807) is 42.0 Å². The van der Waals surface area contributed by atoms with Crippen LogP contribution in [0.1, 0.15) is 30.9 Å². The van der Waals surface area contributed by atoms with E-state index in [0.29, 0.717) is 31.7 Å². The molecule has 9 heteroatoms. The second-order valence-corrected chi connectivity index (χ2v) is 11.9. The topological polar surface area (TPSA) is 85.6 Å². The first kappa shape index (κ1) is 27.7. The van der Waals surface area contributed by atoms with Gasteiger partial charge in [0.05, 0.1) is 29.1 Å². The van der Waals surface area contributed by atoms with Crippen LogP contribution in [0, 0.1) is 0 Å². The third-order valence-electron chi connectivity index (χ3n) is 6.71. The van der Waals surface area contributed by atoms with Crippen LogP contribution in [0.4, 0.5) is 5.69 Å². The molecule has 1 aliphatic rings. The molecule has 4 aromatic rings. The zero-order valence-electron chi connectivity index (χ0n) is 22.5. The van der Waals surface area contributed by atoms with Gasteiger partial charge in [0.25, 0.3) is 0 Å². The molecule has 1 radical (unpaired) electrons. The highest BCUT2D eigenvalue weighted by Crippen LogP contribution is 2.33. The van der Waals surface area contributed by atoms with Gasteiger partial charge in [-0.15, -0.1) is 11.3 Å². The number of carbonyl (C=O) groups is 2. The van der Waals surface area contributed by atoms with Crippen LogP contribution in [0.5, 0.6) is 5.75 Å². The standard InChI is InChI=1S/C31H31N4O3S2/c1-21(36)35(19-22-9-3-7-13-28(22)38-2)20-24(17-23-18-32-26-11-5-4-10-25(23)26)33-30(37)15-16-39-31-34-27-12-6-8-14-29(27)40-31/h3-14,18,24H,15-17,19-20H2,1-2H3,(H,33,37). The van der Waals surface area contributed by atoms with Crippen molar-refractivity contribution in [1.82, 2.24) is 20.5 Å². The quantitative estimate of drug-likeness (QED) is 0.211. The number of benzene rings is 3. The van der Waals surface area contributed by atoms with Crippen LogP contribution in [0.25, 0.3) is 15.8 Å². The maximum atomic E-state index is 13.1. The van der Waals surface area contributed by atoms with Gasteiger partial charge in [-0.05, 0) is 36.3 Å². The summed E-state index contributed by atoms with van der Waals surface area (Å²) in [5.74, 6) is 1.23. The number of nitrogens with one attached hydrogen (secondary N) is 1. The smallest absolute Gasteiger partial charge is 0.221 e. The summed E-state index contributed by atoms with van der Waals surface area (Å²) in [5, 5.41) is 7.75. The van der Waals surface area contributed by atoms with Crippen molar-refractivity contribution in [1.29, 1.82) is 0 Å². The molecule has 3 aromatic carbocycles. The van der Waals surface area contributed by atoms with Gasteiger partial charge in [0, 0.05) is 49.5 Å². The third-order valence-corrected chi connectivity index (χ3v) is 8.89. The highest BCUT2D eigenvalue weighted by molar-refractivity contribution is 8.01. The molecule has 5 rings (SSSR count). The fourth-order valence-electron chi connectivity index (χ4n) is 4.72. The van der Waals surface area contributed by atoms with Gasteiger partial charge < -0.3 is 15.0 Å². The summed E-state index contributed by atoms with van der Waals surface area (Å²) in [6.45, 7) is 2.31. The van der Waals surface area contributed by atoms with Crippen LogP contribution < -0.4 is 15.4 Å². The van der Waals surface area contributed by atoms with E-state index in [2.05, 4.69) is 21.7 Å². The van der Waals surface area contributed by atoms with Crippen molar-refractivity contribution in [2.75, 3.05) is 19.4 Å². The molecule has 2 amide bonds. The molecule has 1 aromatic heterocycles. The van der Waals surface area contributed by atoms with Gasteiger partial charge in [-0.25, -0.2) is 4.98 Å². The molecule has 205 valence electrons.